The third-order valence-corrected chi connectivity index (χ3v) is 4.53. The smallest absolute Gasteiger partial charge is 0.222 e. The van der Waals surface area contributed by atoms with Crippen LogP contribution in [0.3, 0.4) is 0 Å². The van der Waals surface area contributed by atoms with Gasteiger partial charge in [-0.1, -0.05) is 6.07 Å². The molecule has 1 amide bonds. The van der Waals surface area contributed by atoms with Crippen LogP contribution in [-0.2, 0) is 11.3 Å². The first-order valence-electron chi connectivity index (χ1n) is 8.42. The zero-order valence-electron chi connectivity index (χ0n) is 14.5. The Labute approximate surface area is 146 Å². The van der Waals surface area contributed by atoms with Crippen LogP contribution in [0, 0.1) is 5.82 Å². The number of hydrogen-bond donors (Lipinski definition) is 1. The molecule has 2 heterocycles. The van der Waals surface area contributed by atoms with Crippen molar-refractivity contribution in [2.45, 2.75) is 32.4 Å². The van der Waals surface area contributed by atoms with E-state index in [1.54, 1.807) is 24.4 Å². The summed E-state index contributed by atoms with van der Waals surface area (Å²) in [5.74, 6) is 0.923. The number of rotatable bonds is 5. The van der Waals surface area contributed by atoms with Crippen molar-refractivity contribution in [2.75, 3.05) is 25.5 Å². The molecule has 6 nitrogen and oxygen atoms in total. The second kappa shape index (κ2) is 7.65. The maximum absolute atomic E-state index is 14.1. The summed E-state index contributed by atoms with van der Waals surface area (Å²) in [6, 6.07) is 7.04. The Kier molecular flexibility index (Phi) is 5.33. The van der Waals surface area contributed by atoms with Gasteiger partial charge in [0.2, 0.25) is 5.91 Å². The Bertz CT molecular complexity index is 738. The van der Waals surface area contributed by atoms with Crippen molar-refractivity contribution in [1.29, 1.82) is 0 Å². The Morgan fingerprint density at radius 3 is 2.76 bits per heavy atom. The predicted octanol–water partition coefficient (Wildman–Crippen LogP) is 2.83. The van der Waals surface area contributed by atoms with E-state index in [0.29, 0.717) is 17.9 Å². The van der Waals surface area contributed by atoms with E-state index in [1.165, 1.54) is 20.1 Å². The van der Waals surface area contributed by atoms with Crippen LogP contribution in [0.25, 0.3) is 0 Å². The SMILES string of the molecule is COc1ccc(CN2CCC(n3nccc3NC(C)=O)CC2)c(F)c1. The Balaban J connectivity index is 1.59. The molecule has 0 aliphatic carbocycles. The Morgan fingerprint density at radius 2 is 2.12 bits per heavy atom. The molecular formula is C18H23FN4O2. The number of likely N-dealkylation sites (tertiary alicyclic amines) is 1. The standard InChI is InChI=1S/C18H23FN4O2/c1-13(24)21-18-5-8-20-23(18)15-6-9-22(10-7-15)12-14-3-4-16(25-2)11-17(14)19/h3-5,8,11,15H,6-7,9-10,12H2,1-2H3,(H,21,24). The highest BCUT2D eigenvalue weighted by atomic mass is 19.1. The average molecular weight is 346 g/mol. The van der Waals surface area contributed by atoms with Gasteiger partial charge >= 0.3 is 0 Å². The van der Waals surface area contributed by atoms with Gasteiger partial charge in [-0.15, -0.1) is 0 Å². The summed E-state index contributed by atoms with van der Waals surface area (Å²) in [6.45, 7) is 3.79. The first-order chi connectivity index (χ1) is 12.1. The molecular weight excluding hydrogens is 323 g/mol. The largest absolute Gasteiger partial charge is 0.497 e. The summed E-state index contributed by atoms with van der Waals surface area (Å²) in [4.78, 5) is 13.5. The lowest BCUT2D eigenvalue weighted by molar-refractivity contribution is -0.114. The van der Waals surface area contributed by atoms with Gasteiger partial charge in [-0.05, 0) is 18.9 Å². The van der Waals surface area contributed by atoms with E-state index in [4.69, 9.17) is 4.74 Å². The minimum absolute atomic E-state index is 0.103. The summed E-state index contributed by atoms with van der Waals surface area (Å²) >= 11 is 0. The predicted molar refractivity (Wildman–Crippen MR) is 93.0 cm³/mol. The number of benzene rings is 1. The van der Waals surface area contributed by atoms with Crippen molar-refractivity contribution in [2.24, 2.45) is 0 Å². The zero-order valence-corrected chi connectivity index (χ0v) is 14.5. The number of anilines is 1. The van der Waals surface area contributed by atoms with Crippen LogP contribution in [-0.4, -0.2) is 40.8 Å². The van der Waals surface area contributed by atoms with Gasteiger partial charge in [0, 0.05) is 44.3 Å². The molecule has 1 aromatic heterocycles. The summed E-state index contributed by atoms with van der Waals surface area (Å²) in [7, 11) is 1.53. The van der Waals surface area contributed by atoms with Crippen molar-refractivity contribution in [3.05, 3.63) is 41.8 Å². The summed E-state index contributed by atoms with van der Waals surface area (Å²) in [5.41, 5.74) is 0.678. The summed E-state index contributed by atoms with van der Waals surface area (Å²) in [5, 5.41) is 7.15. The monoisotopic (exact) mass is 346 g/mol. The fourth-order valence-electron chi connectivity index (χ4n) is 3.23. The molecule has 1 aromatic carbocycles. The number of hydrogen-bond acceptors (Lipinski definition) is 4. The topological polar surface area (TPSA) is 59.4 Å². The Hall–Kier alpha value is -2.41. The first-order valence-corrected chi connectivity index (χ1v) is 8.42. The van der Waals surface area contributed by atoms with E-state index in [-0.39, 0.29) is 17.8 Å². The van der Waals surface area contributed by atoms with Crippen LogP contribution in [0.4, 0.5) is 10.2 Å². The van der Waals surface area contributed by atoms with Gasteiger partial charge in [0.25, 0.3) is 0 Å². The van der Waals surface area contributed by atoms with Gasteiger partial charge in [-0.25, -0.2) is 9.07 Å². The highest BCUT2D eigenvalue weighted by Crippen LogP contribution is 2.27. The van der Waals surface area contributed by atoms with Gasteiger partial charge in [0.15, 0.2) is 0 Å². The van der Waals surface area contributed by atoms with E-state index >= 15 is 0 Å². The van der Waals surface area contributed by atoms with Crippen LogP contribution in [0.2, 0.25) is 0 Å². The molecule has 0 atom stereocenters. The number of carbonyl (C=O) groups excluding carboxylic acids is 1. The van der Waals surface area contributed by atoms with Crippen molar-refractivity contribution < 1.29 is 13.9 Å². The number of amides is 1. The normalized spacial score (nSPS) is 16.0. The van der Waals surface area contributed by atoms with E-state index in [1.807, 2.05) is 4.68 Å². The molecule has 1 N–H and O–H groups in total. The quantitative estimate of drug-likeness (QED) is 0.904. The third-order valence-electron chi connectivity index (χ3n) is 4.53. The van der Waals surface area contributed by atoms with Crippen molar-refractivity contribution >= 4 is 11.7 Å². The average Bonchev–Trinajstić information content (AvgIpc) is 3.04. The highest BCUT2D eigenvalue weighted by molar-refractivity contribution is 5.87. The summed E-state index contributed by atoms with van der Waals surface area (Å²) in [6.07, 6.45) is 3.52. The number of aromatic nitrogens is 2. The Morgan fingerprint density at radius 1 is 1.36 bits per heavy atom. The van der Waals surface area contributed by atoms with E-state index < -0.39 is 0 Å². The molecule has 25 heavy (non-hydrogen) atoms. The van der Waals surface area contributed by atoms with Gasteiger partial charge in [0.1, 0.15) is 17.4 Å². The number of methoxy groups -OCH3 is 1. The lowest BCUT2D eigenvalue weighted by Gasteiger charge is -2.32. The minimum atomic E-state index is -0.235. The van der Waals surface area contributed by atoms with Crippen LogP contribution >= 0.6 is 0 Å². The molecule has 1 saturated heterocycles. The first kappa shape index (κ1) is 17.4. The molecule has 134 valence electrons. The molecule has 7 heteroatoms. The fraction of sp³-hybridized carbons (Fsp3) is 0.444. The summed E-state index contributed by atoms with van der Waals surface area (Å²) < 4.78 is 21.0. The molecule has 0 spiro atoms. The van der Waals surface area contributed by atoms with Crippen molar-refractivity contribution in [3.63, 3.8) is 0 Å². The van der Waals surface area contributed by atoms with Gasteiger partial charge in [0.05, 0.1) is 19.3 Å². The number of ether oxygens (including phenoxy) is 1. The maximum Gasteiger partial charge on any atom is 0.222 e. The van der Waals surface area contributed by atoms with Gasteiger partial charge in [-0.2, -0.15) is 5.10 Å². The van der Waals surface area contributed by atoms with Gasteiger partial charge < -0.3 is 10.1 Å². The molecule has 0 bridgehead atoms. The number of nitrogens with one attached hydrogen (secondary N) is 1. The lowest BCUT2D eigenvalue weighted by Crippen LogP contribution is -2.35. The molecule has 3 rings (SSSR count). The number of halogens is 1. The molecule has 0 saturated carbocycles. The maximum atomic E-state index is 14.1. The molecule has 1 aliphatic heterocycles. The van der Waals surface area contributed by atoms with Crippen LogP contribution in [0.1, 0.15) is 31.4 Å². The molecule has 1 fully saturated rings. The highest BCUT2D eigenvalue weighted by Gasteiger charge is 2.23. The van der Waals surface area contributed by atoms with Crippen LogP contribution in [0.15, 0.2) is 30.5 Å². The van der Waals surface area contributed by atoms with Crippen LogP contribution in [0.5, 0.6) is 5.75 Å². The fourth-order valence-corrected chi connectivity index (χ4v) is 3.23. The molecule has 0 radical (unpaired) electrons. The lowest BCUT2D eigenvalue weighted by atomic mass is 10.0. The minimum Gasteiger partial charge on any atom is -0.497 e. The van der Waals surface area contributed by atoms with Crippen LogP contribution < -0.4 is 10.1 Å². The second-order valence-corrected chi connectivity index (χ2v) is 6.31. The molecule has 0 unspecified atom stereocenters. The second-order valence-electron chi connectivity index (χ2n) is 6.31. The van der Waals surface area contributed by atoms with E-state index in [0.717, 1.165) is 31.7 Å². The number of carbonyl (C=O) groups is 1. The number of nitrogens with zero attached hydrogens (tertiary/aromatic N) is 3. The zero-order chi connectivity index (χ0) is 17.8. The molecule has 1 aliphatic rings. The van der Waals surface area contributed by atoms with Gasteiger partial charge in [-0.3, -0.25) is 9.69 Å². The van der Waals surface area contributed by atoms with Crippen molar-refractivity contribution in [3.8, 4) is 5.75 Å². The number of piperidine rings is 1. The van der Waals surface area contributed by atoms with Crippen molar-refractivity contribution in [1.82, 2.24) is 14.7 Å². The molecule has 2 aromatic rings. The van der Waals surface area contributed by atoms with E-state index in [2.05, 4.69) is 15.3 Å². The third kappa shape index (κ3) is 4.17. The van der Waals surface area contributed by atoms with E-state index in [9.17, 15) is 9.18 Å².